The number of methoxy groups -OCH3 is 1. The van der Waals surface area contributed by atoms with Crippen LogP contribution in [-0.4, -0.2) is 36.5 Å². The molecule has 0 N–H and O–H groups in total. The largest absolute Gasteiger partial charge is 0.497 e. The second-order valence-electron chi connectivity index (χ2n) is 5.62. The van der Waals surface area contributed by atoms with Crippen LogP contribution >= 0.6 is 0 Å². The van der Waals surface area contributed by atoms with Crippen LogP contribution in [0.15, 0.2) is 24.3 Å². The van der Waals surface area contributed by atoms with Crippen LogP contribution in [0.1, 0.15) is 25.8 Å². The van der Waals surface area contributed by atoms with Gasteiger partial charge in [0, 0.05) is 6.54 Å². The first kappa shape index (κ1) is 15.4. The van der Waals surface area contributed by atoms with Gasteiger partial charge in [-0.3, -0.25) is 4.79 Å². The first-order valence-electron chi connectivity index (χ1n) is 7.10. The summed E-state index contributed by atoms with van der Waals surface area (Å²) in [5.74, 6) is 0.626. The van der Waals surface area contributed by atoms with E-state index in [2.05, 4.69) is 0 Å². The van der Waals surface area contributed by atoms with Gasteiger partial charge in [-0.1, -0.05) is 26.0 Å². The van der Waals surface area contributed by atoms with Crippen LogP contribution in [0.5, 0.6) is 5.75 Å². The van der Waals surface area contributed by atoms with Gasteiger partial charge in [0.15, 0.2) is 6.61 Å². The number of esters is 1. The number of hydrogen-bond donors (Lipinski definition) is 0. The average molecular weight is 291 g/mol. The third-order valence-corrected chi connectivity index (χ3v) is 3.51. The van der Waals surface area contributed by atoms with Crippen molar-refractivity contribution >= 4 is 11.9 Å². The Morgan fingerprint density at radius 2 is 1.95 bits per heavy atom. The summed E-state index contributed by atoms with van der Waals surface area (Å²) in [7, 11) is 1.61. The van der Waals surface area contributed by atoms with Crippen LogP contribution in [0.25, 0.3) is 0 Å². The van der Waals surface area contributed by atoms with Crippen molar-refractivity contribution in [1.29, 1.82) is 0 Å². The molecule has 1 atom stereocenters. The summed E-state index contributed by atoms with van der Waals surface area (Å²) in [5.41, 5.74) is 0.965. The molecule has 5 heteroatoms. The minimum absolute atomic E-state index is 0.143. The van der Waals surface area contributed by atoms with Crippen molar-refractivity contribution < 1.29 is 19.1 Å². The molecule has 114 valence electrons. The van der Waals surface area contributed by atoms with E-state index in [1.54, 1.807) is 12.0 Å². The Hall–Kier alpha value is -2.04. The molecule has 0 aliphatic carbocycles. The van der Waals surface area contributed by atoms with E-state index in [0.29, 0.717) is 18.9 Å². The van der Waals surface area contributed by atoms with Crippen LogP contribution < -0.4 is 4.74 Å². The molecule has 0 spiro atoms. The number of ether oxygens (including phenoxy) is 2. The van der Waals surface area contributed by atoms with E-state index in [-0.39, 0.29) is 18.5 Å². The molecule has 0 radical (unpaired) electrons. The lowest BCUT2D eigenvalue weighted by Crippen LogP contribution is -2.52. The summed E-state index contributed by atoms with van der Waals surface area (Å²) in [6, 6.07) is 7.00. The summed E-state index contributed by atoms with van der Waals surface area (Å²) < 4.78 is 10.1. The van der Waals surface area contributed by atoms with Gasteiger partial charge in [0.25, 0.3) is 5.91 Å². The molecule has 5 nitrogen and oxygen atoms in total. The van der Waals surface area contributed by atoms with Crippen LogP contribution in [0.3, 0.4) is 0 Å². The predicted octanol–water partition coefficient (Wildman–Crippen LogP) is 2.00. The predicted molar refractivity (Wildman–Crippen MR) is 77.7 cm³/mol. The topological polar surface area (TPSA) is 55.8 Å². The van der Waals surface area contributed by atoms with Crippen molar-refractivity contribution in [3.8, 4) is 5.75 Å². The number of hydrogen-bond acceptors (Lipinski definition) is 4. The highest BCUT2D eigenvalue weighted by molar-refractivity contribution is 5.90. The van der Waals surface area contributed by atoms with E-state index in [1.807, 2.05) is 38.1 Å². The Morgan fingerprint density at radius 1 is 1.29 bits per heavy atom. The number of carbonyl (C=O) groups excluding carboxylic acids is 2. The normalized spacial score (nSPS) is 18.9. The number of cyclic esters (lactones) is 1. The molecule has 1 fully saturated rings. The fourth-order valence-corrected chi connectivity index (χ4v) is 2.41. The Balaban J connectivity index is 2.15. The lowest BCUT2D eigenvalue weighted by Gasteiger charge is -2.35. The summed E-state index contributed by atoms with van der Waals surface area (Å²) in [4.78, 5) is 25.6. The quantitative estimate of drug-likeness (QED) is 0.779. The number of rotatable bonds is 5. The number of carbonyl (C=O) groups is 2. The maximum Gasteiger partial charge on any atom is 0.329 e. The van der Waals surface area contributed by atoms with Crippen molar-refractivity contribution in [1.82, 2.24) is 4.90 Å². The van der Waals surface area contributed by atoms with Crippen molar-refractivity contribution in [2.45, 2.75) is 32.9 Å². The molecule has 2 rings (SSSR count). The minimum atomic E-state index is -0.492. The van der Waals surface area contributed by atoms with Crippen LogP contribution in [-0.2, 0) is 20.9 Å². The molecule has 1 heterocycles. The summed E-state index contributed by atoms with van der Waals surface area (Å²) in [6.45, 7) is 4.30. The maximum atomic E-state index is 12.1. The standard InChI is InChI=1S/C16H21NO4/c1-11(2)8-14-16(19)21-10-15(18)17(14)9-12-4-6-13(20-3)7-5-12/h4-7,11,14H,8-10H2,1-3H3/t14-/m0/s1. The Kier molecular flexibility index (Phi) is 4.83. The van der Waals surface area contributed by atoms with Crippen molar-refractivity contribution in [3.05, 3.63) is 29.8 Å². The molecular formula is C16H21NO4. The van der Waals surface area contributed by atoms with Gasteiger partial charge >= 0.3 is 5.97 Å². The highest BCUT2D eigenvalue weighted by atomic mass is 16.5. The zero-order valence-electron chi connectivity index (χ0n) is 12.7. The van der Waals surface area contributed by atoms with Crippen molar-refractivity contribution in [2.75, 3.05) is 13.7 Å². The van der Waals surface area contributed by atoms with E-state index in [4.69, 9.17) is 9.47 Å². The number of amides is 1. The van der Waals surface area contributed by atoms with Gasteiger partial charge in [0.05, 0.1) is 7.11 Å². The molecule has 1 aromatic carbocycles. The zero-order valence-corrected chi connectivity index (χ0v) is 12.7. The van der Waals surface area contributed by atoms with Gasteiger partial charge < -0.3 is 14.4 Å². The van der Waals surface area contributed by atoms with E-state index in [9.17, 15) is 9.59 Å². The highest BCUT2D eigenvalue weighted by Crippen LogP contribution is 2.21. The maximum absolute atomic E-state index is 12.1. The number of benzene rings is 1. The second-order valence-corrected chi connectivity index (χ2v) is 5.62. The third kappa shape index (κ3) is 3.74. The summed E-state index contributed by atoms with van der Waals surface area (Å²) in [5, 5.41) is 0. The van der Waals surface area contributed by atoms with E-state index >= 15 is 0 Å². The molecule has 1 aromatic rings. The van der Waals surface area contributed by atoms with Crippen LogP contribution in [0.2, 0.25) is 0 Å². The molecule has 0 aromatic heterocycles. The summed E-state index contributed by atoms with van der Waals surface area (Å²) in [6.07, 6.45) is 0.612. The number of morpholine rings is 1. The van der Waals surface area contributed by atoms with Crippen LogP contribution in [0, 0.1) is 5.92 Å². The molecule has 0 saturated carbocycles. The fourth-order valence-electron chi connectivity index (χ4n) is 2.41. The highest BCUT2D eigenvalue weighted by Gasteiger charge is 2.36. The summed E-state index contributed by atoms with van der Waals surface area (Å²) >= 11 is 0. The first-order valence-corrected chi connectivity index (χ1v) is 7.10. The van der Waals surface area contributed by atoms with E-state index in [1.165, 1.54) is 0 Å². The molecule has 21 heavy (non-hydrogen) atoms. The molecule has 1 aliphatic rings. The van der Waals surface area contributed by atoms with Gasteiger partial charge in [0.1, 0.15) is 11.8 Å². The molecule has 1 saturated heterocycles. The fraction of sp³-hybridized carbons (Fsp3) is 0.500. The molecular weight excluding hydrogens is 270 g/mol. The van der Waals surface area contributed by atoms with E-state index in [0.717, 1.165) is 11.3 Å². The van der Waals surface area contributed by atoms with Crippen LogP contribution in [0.4, 0.5) is 0 Å². The SMILES string of the molecule is COc1ccc(CN2C(=O)COC(=O)[C@@H]2CC(C)C)cc1. The van der Waals surface area contributed by atoms with Gasteiger partial charge in [0.2, 0.25) is 0 Å². The smallest absolute Gasteiger partial charge is 0.329 e. The second kappa shape index (κ2) is 6.61. The van der Waals surface area contributed by atoms with Crippen molar-refractivity contribution in [2.24, 2.45) is 5.92 Å². The van der Waals surface area contributed by atoms with Gasteiger partial charge in [-0.25, -0.2) is 4.79 Å². The van der Waals surface area contributed by atoms with Gasteiger partial charge in [-0.05, 0) is 30.0 Å². The molecule has 0 unspecified atom stereocenters. The van der Waals surface area contributed by atoms with Gasteiger partial charge in [-0.2, -0.15) is 0 Å². The molecule has 1 aliphatic heterocycles. The molecule has 1 amide bonds. The average Bonchev–Trinajstić information content (AvgIpc) is 2.47. The lowest BCUT2D eigenvalue weighted by atomic mass is 10.0. The minimum Gasteiger partial charge on any atom is -0.497 e. The Labute approximate surface area is 124 Å². The Morgan fingerprint density at radius 3 is 2.52 bits per heavy atom. The molecule has 0 bridgehead atoms. The first-order chi connectivity index (χ1) is 10.0. The monoisotopic (exact) mass is 291 g/mol. The zero-order chi connectivity index (χ0) is 15.4. The van der Waals surface area contributed by atoms with E-state index < -0.39 is 6.04 Å². The Bertz CT molecular complexity index is 510. The van der Waals surface area contributed by atoms with Crippen molar-refractivity contribution in [3.63, 3.8) is 0 Å². The lowest BCUT2D eigenvalue weighted by molar-refractivity contribution is -0.170. The third-order valence-electron chi connectivity index (χ3n) is 3.51. The van der Waals surface area contributed by atoms with Gasteiger partial charge in [-0.15, -0.1) is 0 Å². The number of nitrogens with zero attached hydrogens (tertiary/aromatic N) is 1.